The van der Waals surface area contributed by atoms with Gasteiger partial charge in [-0.05, 0) is 17.7 Å². The quantitative estimate of drug-likeness (QED) is 0.830. The van der Waals surface area contributed by atoms with E-state index in [1.54, 1.807) is 48.8 Å². The maximum atomic E-state index is 12.0. The lowest BCUT2D eigenvalue weighted by Gasteiger charge is -2.02. The van der Waals surface area contributed by atoms with Gasteiger partial charge in [-0.2, -0.15) is 0 Å². The van der Waals surface area contributed by atoms with Crippen LogP contribution in [0.2, 0.25) is 0 Å². The van der Waals surface area contributed by atoms with Crippen LogP contribution in [0.3, 0.4) is 0 Å². The largest absolute Gasteiger partial charge is 0.481 e. The Bertz CT molecular complexity index is 561. The van der Waals surface area contributed by atoms with Gasteiger partial charge in [-0.15, -0.1) is 0 Å². The van der Waals surface area contributed by atoms with Crippen molar-refractivity contribution >= 4 is 11.8 Å². The first-order valence-corrected chi connectivity index (χ1v) is 5.42. The summed E-state index contributed by atoms with van der Waals surface area (Å²) in [5.74, 6) is -0.984. The average molecular weight is 241 g/mol. The van der Waals surface area contributed by atoms with E-state index in [4.69, 9.17) is 5.11 Å². The Labute approximate surface area is 104 Å². The molecule has 0 bridgehead atoms. The zero-order chi connectivity index (χ0) is 13.0. The number of carboxylic acid groups (broad SMARTS) is 1. The molecule has 2 aromatic rings. The number of ketones is 1. The molecule has 1 N–H and O–H groups in total. The maximum Gasteiger partial charge on any atom is 0.307 e. The van der Waals surface area contributed by atoms with Gasteiger partial charge in [0.25, 0.3) is 0 Å². The van der Waals surface area contributed by atoms with Crippen molar-refractivity contribution in [3.05, 3.63) is 65.5 Å². The second kappa shape index (κ2) is 5.23. The third-order valence-corrected chi connectivity index (χ3v) is 2.51. The monoisotopic (exact) mass is 241 g/mol. The highest BCUT2D eigenvalue weighted by atomic mass is 16.4. The predicted molar refractivity (Wildman–Crippen MR) is 65.5 cm³/mol. The van der Waals surface area contributed by atoms with Crippen LogP contribution in [0.25, 0.3) is 0 Å². The molecule has 0 atom stereocenters. The lowest BCUT2D eigenvalue weighted by Crippen LogP contribution is -2.03. The molecule has 0 unspecified atom stereocenters. The van der Waals surface area contributed by atoms with Crippen LogP contribution in [0.1, 0.15) is 21.5 Å². The number of pyridine rings is 1. The number of carboxylic acids is 1. The van der Waals surface area contributed by atoms with Gasteiger partial charge in [0.15, 0.2) is 5.78 Å². The number of aliphatic carboxylic acids is 1. The van der Waals surface area contributed by atoms with Crippen LogP contribution in [0.15, 0.2) is 48.8 Å². The second-order valence-electron chi connectivity index (χ2n) is 3.83. The molecule has 4 heteroatoms. The summed E-state index contributed by atoms with van der Waals surface area (Å²) in [6.07, 6.45) is 3.09. The Morgan fingerprint density at radius 2 is 1.50 bits per heavy atom. The van der Waals surface area contributed by atoms with Crippen LogP contribution < -0.4 is 0 Å². The molecule has 0 saturated carbocycles. The van der Waals surface area contributed by atoms with Crippen molar-refractivity contribution < 1.29 is 14.7 Å². The standard InChI is InChI=1S/C14H11NO3/c16-13(17)9-10-1-3-11(4-2-10)14(18)12-5-7-15-8-6-12/h1-8H,9H2,(H,16,17). The Morgan fingerprint density at radius 3 is 2.06 bits per heavy atom. The third kappa shape index (κ3) is 2.79. The fourth-order valence-corrected chi connectivity index (χ4v) is 1.62. The molecular weight excluding hydrogens is 230 g/mol. The minimum atomic E-state index is -0.886. The zero-order valence-electron chi connectivity index (χ0n) is 9.54. The van der Waals surface area contributed by atoms with Gasteiger partial charge in [0.2, 0.25) is 0 Å². The summed E-state index contributed by atoms with van der Waals surface area (Å²) < 4.78 is 0. The summed E-state index contributed by atoms with van der Waals surface area (Å²) in [6.45, 7) is 0. The van der Waals surface area contributed by atoms with Crippen LogP contribution in [0.4, 0.5) is 0 Å². The Balaban J connectivity index is 2.20. The SMILES string of the molecule is O=C(O)Cc1ccc(C(=O)c2ccncc2)cc1. The molecule has 1 aromatic heterocycles. The van der Waals surface area contributed by atoms with E-state index >= 15 is 0 Å². The van der Waals surface area contributed by atoms with Gasteiger partial charge in [-0.3, -0.25) is 14.6 Å². The van der Waals surface area contributed by atoms with E-state index in [1.807, 2.05) is 0 Å². The number of hydrogen-bond donors (Lipinski definition) is 1. The van der Waals surface area contributed by atoms with Crippen molar-refractivity contribution in [3.8, 4) is 0 Å². The first kappa shape index (κ1) is 12.0. The van der Waals surface area contributed by atoms with Gasteiger partial charge in [0.05, 0.1) is 6.42 Å². The van der Waals surface area contributed by atoms with Crippen LogP contribution >= 0.6 is 0 Å². The van der Waals surface area contributed by atoms with Crippen molar-refractivity contribution in [2.45, 2.75) is 6.42 Å². The molecule has 0 aliphatic heterocycles. The molecule has 4 nitrogen and oxygen atoms in total. The van der Waals surface area contributed by atoms with E-state index in [0.29, 0.717) is 16.7 Å². The van der Waals surface area contributed by atoms with Crippen LogP contribution in [0.5, 0.6) is 0 Å². The molecule has 2 rings (SSSR count). The normalized spacial score (nSPS) is 10.0. The molecule has 0 radical (unpaired) electrons. The van der Waals surface area contributed by atoms with Gasteiger partial charge < -0.3 is 5.11 Å². The van der Waals surface area contributed by atoms with Gasteiger partial charge in [0, 0.05) is 23.5 Å². The first-order valence-electron chi connectivity index (χ1n) is 5.42. The molecule has 1 heterocycles. The molecule has 0 saturated heterocycles. The number of nitrogens with zero attached hydrogens (tertiary/aromatic N) is 1. The van der Waals surface area contributed by atoms with E-state index in [0.717, 1.165) is 0 Å². The van der Waals surface area contributed by atoms with Gasteiger partial charge >= 0.3 is 5.97 Å². The second-order valence-corrected chi connectivity index (χ2v) is 3.83. The van der Waals surface area contributed by atoms with Crippen LogP contribution in [-0.4, -0.2) is 21.8 Å². The van der Waals surface area contributed by atoms with E-state index in [1.165, 1.54) is 0 Å². The van der Waals surface area contributed by atoms with Crippen molar-refractivity contribution in [1.82, 2.24) is 4.98 Å². The van der Waals surface area contributed by atoms with E-state index < -0.39 is 5.97 Å². The van der Waals surface area contributed by atoms with Gasteiger partial charge in [0.1, 0.15) is 0 Å². The van der Waals surface area contributed by atoms with E-state index in [9.17, 15) is 9.59 Å². The molecule has 0 spiro atoms. The van der Waals surface area contributed by atoms with Crippen molar-refractivity contribution in [2.24, 2.45) is 0 Å². The number of aromatic nitrogens is 1. The number of rotatable bonds is 4. The summed E-state index contributed by atoms with van der Waals surface area (Å²) in [7, 11) is 0. The molecule has 0 amide bonds. The minimum absolute atomic E-state index is 0.0380. The summed E-state index contributed by atoms with van der Waals surface area (Å²) in [5.41, 5.74) is 1.78. The highest BCUT2D eigenvalue weighted by Gasteiger charge is 2.08. The molecule has 0 aliphatic rings. The first-order chi connectivity index (χ1) is 8.66. The van der Waals surface area contributed by atoms with Crippen LogP contribution in [-0.2, 0) is 11.2 Å². The van der Waals surface area contributed by atoms with Gasteiger partial charge in [-0.25, -0.2) is 0 Å². The highest BCUT2D eigenvalue weighted by Crippen LogP contribution is 2.10. The average Bonchev–Trinajstić information content (AvgIpc) is 2.39. The molecule has 90 valence electrons. The summed E-state index contributed by atoms with van der Waals surface area (Å²) in [4.78, 5) is 26.4. The van der Waals surface area contributed by atoms with Crippen molar-refractivity contribution in [3.63, 3.8) is 0 Å². The molecule has 0 aliphatic carbocycles. The number of hydrogen-bond acceptors (Lipinski definition) is 3. The smallest absolute Gasteiger partial charge is 0.307 e. The summed E-state index contributed by atoms with van der Waals surface area (Å²) in [5, 5.41) is 8.65. The van der Waals surface area contributed by atoms with E-state index in [-0.39, 0.29) is 12.2 Å². The number of benzene rings is 1. The summed E-state index contributed by atoms with van der Waals surface area (Å²) in [6, 6.07) is 9.88. The molecular formula is C14H11NO3. The zero-order valence-corrected chi connectivity index (χ0v) is 9.54. The number of carbonyl (C=O) groups is 2. The van der Waals surface area contributed by atoms with Gasteiger partial charge in [-0.1, -0.05) is 24.3 Å². The minimum Gasteiger partial charge on any atom is -0.481 e. The fraction of sp³-hybridized carbons (Fsp3) is 0.0714. The predicted octanol–water partition coefficient (Wildman–Crippen LogP) is 1.94. The maximum absolute atomic E-state index is 12.0. The Morgan fingerprint density at radius 1 is 0.944 bits per heavy atom. The van der Waals surface area contributed by atoms with Crippen LogP contribution in [0, 0.1) is 0 Å². The summed E-state index contributed by atoms with van der Waals surface area (Å²) >= 11 is 0. The van der Waals surface area contributed by atoms with Crippen molar-refractivity contribution in [2.75, 3.05) is 0 Å². The Kier molecular flexibility index (Phi) is 3.48. The number of carbonyl (C=O) groups excluding carboxylic acids is 1. The molecule has 1 aromatic carbocycles. The highest BCUT2D eigenvalue weighted by molar-refractivity contribution is 6.08. The fourth-order valence-electron chi connectivity index (χ4n) is 1.62. The topological polar surface area (TPSA) is 67.3 Å². The molecule has 0 fully saturated rings. The van der Waals surface area contributed by atoms with Crippen molar-refractivity contribution in [1.29, 1.82) is 0 Å². The third-order valence-electron chi connectivity index (χ3n) is 2.51. The Hall–Kier alpha value is -2.49. The lowest BCUT2D eigenvalue weighted by molar-refractivity contribution is -0.136. The lowest BCUT2D eigenvalue weighted by atomic mass is 10.0. The molecule has 18 heavy (non-hydrogen) atoms. The van der Waals surface area contributed by atoms with E-state index in [2.05, 4.69) is 4.98 Å².